The summed E-state index contributed by atoms with van der Waals surface area (Å²) in [5.41, 5.74) is 0. The Hall–Kier alpha value is -0.410. The first-order chi connectivity index (χ1) is 8.00. The van der Waals surface area contributed by atoms with Crippen LogP contribution in [0.25, 0.3) is 0 Å². The maximum absolute atomic E-state index is 11.3. The Morgan fingerprint density at radius 1 is 1.41 bits per heavy atom. The number of Topliss-reactive ketones (excluding diaryl/α,β-unsaturated/α-hetero) is 1. The average Bonchev–Trinajstić information content (AvgIpc) is 2.26. The summed E-state index contributed by atoms with van der Waals surface area (Å²) in [6.45, 7) is 9.95. The molecule has 0 bridgehead atoms. The highest BCUT2D eigenvalue weighted by molar-refractivity contribution is 5.79. The minimum atomic E-state index is 0.438. The summed E-state index contributed by atoms with van der Waals surface area (Å²) in [6, 6.07) is 1.10. The fraction of sp³-hybridized carbons (Fsp3) is 0.929. The molecule has 1 atom stereocenters. The zero-order valence-electron chi connectivity index (χ0n) is 11.9. The molecule has 1 rings (SSSR count). The van der Waals surface area contributed by atoms with Gasteiger partial charge in [0.15, 0.2) is 0 Å². The van der Waals surface area contributed by atoms with Gasteiger partial charge in [-0.05, 0) is 53.8 Å². The van der Waals surface area contributed by atoms with E-state index in [1.807, 2.05) is 0 Å². The number of likely N-dealkylation sites (tertiary alicyclic amines) is 1. The van der Waals surface area contributed by atoms with Gasteiger partial charge in [-0.1, -0.05) is 0 Å². The molecular weight excluding hydrogens is 212 g/mol. The third-order valence-electron chi connectivity index (χ3n) is 3.91. The van der Waals surface area contributed by atoms with E-state index in [9.17, 15) is 4.79 Å². The molecule has 17 heavy (non-hydrogen) atoms. The lowest BCUT2D eigenvalue weighted by molar-refractivity contribution is -0.122. The first-order valence-corrected chi connectivity index (χ1v) is 6.96. The number of carbonyl (C=O) groups excluding carboxylic acids is 1. The number of piperidine rings is 1. The monoisotopic (exact) mass is 240 g/mol. The standard InChI is InChI=1S/C14H28N2O/c1-12(2)15(4)8-5-6-9-16-10-7-14(17)11-13(16)3/h12-13H,5-11H2,1-4H3. The van der Waals surface area contributed by atoms with E-state index >= 15 is 0 Å². The molecule has 0 aromatic heterocycles. The Kier molecular flexibility index (Phi) is 6.14. The first kappa shape index (κ1) is 14.7. The molecule has 1 heterocycles. The topological polar surface area (TPSA) is 23.6 Å². The number of ketones is 1. The van der Waals surface area contributed by atoms with Gasteiger partial charge in [-0.3, -0.25) is 9.69 Å². The number of nitrogens with zero attached hydrogens (tertiary/aromatic N) is 2. The second kappa shape index (κ2) is 7.12. The van der Waals surface area contributed by atoms with E-state index in [0.717, 1.165) is 25.9 Å². The fourth-order valence-electron chi connectivity index (χ4n) is 2.32. The summed E-state index contributed by atoms with van der Waals surface area (Å²) in [5.74, 6) is 0.438. The van der Waals surface area contributed by atoms with Gasteiger partial charge in [0.25, 0.3) is 0 Å². The second-order valence-corrected chi connectivity index (χ2v) is 5.66. The highest BCUT2D eigenvalue weighted by atomic mass is 16.1. The van der Waals surface area contributed by atoms with Gasteiger partial charge in [0.1, 0.15) is 5.78 Å². The average molecular weight is 240 g/mol. The van der Waals surface area contributed by atoms with Crippen LogP contribution in [0.15, 0.2) is 0 Å². The highest BCUT2D eigenvalue weighted by Gasteiger charge is 2.22. The zero-order valence-corrected chi connectivity index (χ0v) is 11.9. The maximum atomic E-state index is 11.3. The van der Waals surface area contributed by atoms with Crippen LogP contribution >= 0.6 is 0 Å². The zero-order chi connectivity index (χ0) is 12.8. The predicted octanol–water partition coefficient (Wildman–Crippen LogP) is 2.16. The highest BCUT2D eigenvalue weighted by Crippen LogP contribution is 2.14. The lowest BCUT2D eigenvalue weighted by Gasteiger charge is -2.32. The van der Waals surface area contributed by atoms with Crippen LogP contribution in [0, 0.1) is 0 Å². The summed E-state index contributed by atoms with van der Waals surface area (Å²) in [5, 5.41) is 0. The molecule has 1 saturated heterocycles. The number of carbonyl (C=O) groups is 1. The molecule has 0 aromatic rings. The van der Waals surface area contributed by atoms with Crippen molar-refractivity contribution in [1.29, 1.82) is 0 Å². The van der Waals surface area contributed by atoms with Crippen LogP contribution in [0.5, 0.6) is 0 Å². The van der Waals surface area contributed by atoms with Crippen molar-refractivity contribution in [1.82, 2.24) is 9.80 Å². The molecule has 1 fully saturated rings. The molecule has 1 unspecified atom stereocenters. The molecule has 1 aliphatic heterocycles. The molecule has 0 aromatic carbocycles. The smallest absolute Gasteiger partial charge is 0.135 e. The number of unbranched alkanes of at least 4 members (excludes halogenated alkanes) is 1. The SMILES string of the molecule is CC(C)N(C)CCCCN1CCC(=O)CC1C. The third kappa shape index (κ3) is 5.17. The lowest BCUT2D eigenvalue weighted by Crippen LogP contribution is -2.41. The van der Waals surface area contributed by atoms with Crippen molar-refractivity contribution < 1.29 is 4.79 Å². The van der Waals surface area contributed by atoms with E-state index in [0.29, 0.717) is 17.9 Å². The van der Waals surface area contributed by atoms with Crippen molar-refractivity contribution in [2.75, 3.05) is 26.7 Å². The molecule has 3 heteroatoms. The Balaban J connectivity index is 2.12. The Labute approximate surface area is 106 Å². The van der Waals surface area contributed by atoms with Crippen molar-refractivity contribution >= 4 is 5.78 Å². The minimum Gasteiger partial charge on any atom is -0.304 e. The summed E-state index contributed by atoms with van der Waals surface area (Å²) >= 11 is 0. The van der Waals surface area contributed by atoms with Crippen LogP contribution in [0.2, 0.25) is 0 Å². The molecular formula is C14H28N2O. The van der Waals surface area contributed by atoms with Crippen LogP contribution in [-0.4, -0.2) is 54.3 Å². The molecule has 0 aliphatic carbocycles. The first-order valence-electron chi connectivity index (χ1n) is 6.96. The van der Waals surface area contributed by atoms with Gasteiger partial charge in [-0.2, -0.15) is 0 Å². The van der Waals surface area contributed by atoms with Crippen LogP contribution in [0.4, 0.5) is 0 Å². The second-order valence-electron chi connectivity index (χ2n) is 5.66. The van der Waals surface area contributed by atoms with Gasteiger partial charge in [0.2, 0.25) is 0 Å². The Bertz CT molecular complexity index is 240. The van der Waals surface area contributed by atoms with Crippen molar-refractivity contribution in [3.05, 3.63) is 0 Å². The van der Waals surface area contributed by atoms with Crippen molar-refractivity contribution in [3.8, 4) is 0 Å². The Morgan fingerprint density at radius 3 is 2.71 bits per heavy atom. The summed E-state index contributed by atoms with van der Waals surface area (Å²) in [4.78, 5) is 16.1. The van der Waals surface area contributed by atoms with Gasteiger partial charge >= 0.3 is 0 Å². The van der Waals surface area contributed by atoms with Gasteiger partial charge in [-0.25, -0.2) is 0 Å². The van der Waals surface area contributed by atoms with E-state index in [2.05, 4.69) is 37.6 Å². The maximum Gasteiger partial charge on any atom is 0.135 e. The van der Waals surface area contributed by atoms with Gasteiger partial charge in [0, 0.05) is 31.5 Å². The Morgan fingerprint density at radius 2 is 2.12 bits per heavy atom. The summed E-state index contributed by atoms with van der Waals surface area (Å²) in [6.07, 6.45) is 4.02. The molecule has 0 spiro atoms. The van der Waals surface area contributed by atoms with E-state index in [-0.39, 0.29) is 0 Å². The fourth-order valence-corrected chi connectivity index (χ4v) is 2.32. The van der Waals surface area contributed by atoms with Crippen LogP contribution in [0.1, 0.15) is 46.5 Å². The minimum absolute atomic E-state index is 0.438. The van der Waals surface area contributed by atoms with Gasteiger partial charge < -0.3 is 4.90 Å². The largest absolute Gasteiger partial charge is 0.304 e. The quantitative estimate of drug-likeness (QED) is 0.665. The molecule has 0 N–H and O–H groups in total. The molecule has 0 saturated carbocycles. The van der Waals surface area contributed by atoms with E-state index in [1.54, 1.807) is 0 Å². The van der Waals surface area contributed by atoms with Crippen LogP contribution in [0.3, 0.4) is 0 Å². The molecule has 0 radical (unpaired) electrons. The lowest BCUT2D eigenvalue weighted by atomic mass is 10.0. The van der Waals surface area contributed by atoms with Crippen LogP contribution in [-0.2, 0) is 4.79 Å². The number of hydrogen-bond donors (Lipinski definition) is 0. The van der Waals surface area contributed by atoms with Crippen molar-refractivity contribution in [2.24, 2.45) is 0 Å². The van der Waals surface area contributed by atoms with E-state index < -0.39 is 0 Å². The normalized spacial score (nSPS) is 22.7. The number of hydrogen-bond acceptors (Lipinski definition) is 3. The van der Waals surface area contributed by atoms with Crippen molar-refractivity contribution in [3.63, 3.8) is 0 Å². The molecule has 1 aliphatic rings. The predicted molar refractivity (Wildman–Crippen MR) is 72.3 cm³/mol. The summed E-state index contributed by atoms with van der Waals surface area (Å²) < 4.78 is 0. The van der Waals surface area contributed by atoms with E-state index in [1.165, 1.54) is 19.4 Å². The van der Waals surface area contributed by atoms with E-state index in [4.69, 9.17) is 0 Å². The summed E-state index contributed by atoms with van der Waals surface area (Å²) in [7, 11) is 2.19. The molecule has 100 valence electrons. The third-order valence-corrected chi connectivity index (χ3v) is 3.91. The molecule has 0 amide bonds. The van der Waals surface area contributed by atoms with Crippen LogP contribution < -0.4 is 0 Å². The number of rotatable bonds is 6. The van der Waals surface area contributed by atoms with Crippen molar-refractivity contribution in [2.45, 2.75) is 58.5 Å². The molecule has 3 nitrogen and oxygen atoms in total. The van der Waals surface area contributed by atoms with Gasteiger partial charge in [0.05, 0.1) is 0 Å². The van der Waals surface area contributed by atoms with Gasteiger partial charge in [-0.15, -0.1) is 0 Å².